The van der Waals surface area contributed by atoms with Gasteiger partial charge in [-0.05, 0) is 54.6 Å². The molecule has 0 bridgehead atoms. The molecule has 0 aliphatic heterocycles. The fraction of sp³-hybridized carbons (Fsp3) is 0.148. The smallest absolute Gasteiger partial charge is 0.296 e. The number of phenols is 1. The summed E-state index contributed by atoms with van der Waals surface area (Å²) in [6.07, 6.45) is 0.256. The summed E-state index contributed by atoms with van der Waals surface area (Å²) in [5.74, 6) is -0.359. The third-order valence-electron chi connectivity index (χ3n) is 5.65. The van der Waals surface area contributed by atoms with E-state index in [1.165, 1.54) is 12.1 Å². The van der Waals surface area contributed by atoms with Crippen LogP contribution in [0.3, 0.4) is 0 Å². The molecule has 4 rings (SSSR count). The number of rotatable bonds is 8. The first-order valence-electron chi connectivity index (χ1n) is 11.6. The Morgan fingerprint density at radius 2 is 1.79 bits per heavy atom. The molecule has 0 atom stereocenters. The molecule has 0 aromatic heterocycles. The number of benzene rings is 4. The molecular formula is C27H24ClN3O6S. The lowest BCUT2D eigenvalue weighted by Gasteiger charge is -2.12. The van der Waals surface area contributed by atoms with Gasteiger partial charge in [-0.1, -0.05) is 48.9 Å². The van der Waals surface area contributed by atoms with Crippen molar-refractivity contribution in [1.82, 2.24) is 0 Å². The quantitative estimate of drug-likeness (QED) is 0.157. The lowest BCUT2D eigenvalue weighted by Crippen LogP contribution is -2.12. The van der Waals surface area contributed by atoms with Gasteiger partial charge in [0.2, 0.25) is 0 Å². The van der Waals surface area contributed by atoms with Crippen LogP contribution >= 0.6 is 11.6 Å². The van der Waals surface area contributed by atoms with E-state index in [1.807, 2.05) is 6.92 Å². The van der Waals surface area contributed by atoms with Gasteiger partial charge in [-0.15, -0.1) is 5.11 Å². The molecule has 4 aromatic carbocycles. The van der Waals surface area contributed by atoms with Crippen molar-refractivity contribution in [2.24, 2.45) is 10.2 Å². The summed E-state index contributed by atoms with van der Waals surface area (Å²) in [7, 11) is -4.54. The van der Waals surface area contributed by atoms with Gasteiger partial charge in [-0.25, -0.2) is 0 Å². The van der Waals surface area contributed by atoms with Crippen LogP contribution in [-0.4, -0.2) is 30.6 Å². The monoisotopic (exact) mass is 553 g/mol. The van der Waals surface area contributed by atoms with Gasteiger partial charge in [0.25, 0.3) is 16.0 Å². The number of fused-ring (bicyclic) bond motifs is 1. The van der Waals surface area contributed by atoms with E-state index in [1.54, 1.807) is 61.5 Å². The van der Waals surface area contributed by atoms with E-state index in [0.717, 1.165) is 0 Å². The third-order valence-corrected chi connectivity index (χ3v) is 7.06. The van der Waals surface area contributed by atoms with Crippen molar-refractivity contribution >= 4 is 55.5 Å². The normalized spacial score (nSPS) is 11.7. The number of anilines is 1. The van der Waals surface area contributed by atoms with Crippen molar-refractivity contribution in [3.05, 3.63) is 82.9 Å². The fourth-order valence-corrected chi connectivity index (χ4v) is 5.34. The molecule has 0 saturated carbocycles. The van der Waals surface area contributed by atoms with Crippen LogP contribution in [0.4, 0.5) is 17.1 Å². The highest BCUT2D eigenvalue weighted by Gasteiger charge is 2.21. The Bertz CT molecular complexity index is 1670. The van der Waals surface area contributed by atoms with Crippen LogP contribution in [-0.2, 0) is 16.5 Å². The second-order valence-corrected chi connectivity index (χ2v) is 9.97. The van der Waals surface area contributed by atoms with Gasteiger partial charge in [0.1, 0.15) is 16.3 Å². The van der Waals surface area contributed by atoms with Crippen LogP contribution in [0.5, 0.6) is 11.5 Å². The minimum Gasteiger partial charge on any atom is -0.505 e. The molecule has 0 heterocycles. The third kappa shape index (κ3) is 5.77. The number of hydrogen-bond donors (Lipinski definition) is 3. The maximum absolute atomic E-state index is 13.2. The second kappa shape index (κ2) is 11.2. The first-order chi connectivity index (χ1) is 18.1. The number of carbonyl (C=O) groups is 1. The Balaban J connectivity index is 1.76. The predicted octanol–water partition coefficient (Wildman–Crippen LogP) is 7.07. The average molecular weight is 554 g/mol. The van der Waals surface area contributed by atoms with Crippen molar-refractivity contribution in [2.45, 2.75) is 25.2 Å². The molecule has 1 amide bonds. The summed E-state index contributed by atoms with van der Waals surface area (Å²) in [6, 6.07) is 18.1. The topological polar surface area (TPSA) is 138 Å². The number of aromatic hydroxyl groups is 1. The number of aryl methyl sites for hydroxylation is 1. The molecule has 9 nitrogen and oxygen atoms in total. The molecule has 3 N–H and O–H groups in total. The number of nitrogens with one attached hydrogen (secondary N) is 1. The van der Waals surface area contributed by atoms with E-state index in [0.29, 0.717) is 28.8 Å². The molecule has 196 valence electrons. The van der Waals surface area contributed by atoms with Crippen molar-refractivity contribution in [3.8, 4) is 11.5 Å². The first-order valence-corrected chi connectivity index (χ1v) is 13.4. The maximum atomic E-state index is 13.2. The van der Waals surface area contributed by atoms with Gasteiger partial charge in [0.15, 0.2) is 5.75 Å². The van der Waals surface area contributed by atoms with Gasteiger partial charge in [-0.3, -0.25) is 9.35 Å². The van der Waals surface area contributed by atoms with Crippen molar-refractivity contribution in [1.29, 1.82) is 0 Å². The Labute approximate surface area is 224 Å². The summed E-state index contributed by atoms with van der Waals surface area (Å²) in [5.41, 5.74) is 0.964. The lowest BCUT2D eigenvalue weighted by molar-refractivity contribution is 0.102. The van der Waals surface area contributed by atoms with Gasteiger partial charge in [0.05, 0.1) is 22.9 Å². The Hall–Kier alpha value is -3.99. The zero-order valence-corrected chi connectivity index (χ0v) is 22.0. The largest absolute Gasteiger partial charge is 0.505 e. The SMILES string of the molecule is CCOc1cccc(NC(=O)c2cc3ccccc3c(N=Nc3cc(Cl)c(S(=O)(=O)O)c(CC)c3)c2O)c1. The number of carbonyl (C=O) groups excluding carboxylic acids is 1. The van der Waals surface area contributed by atoms with Crippen LogP contribution in [0.15, 0.2) is 81.9 Å². The predicted molar refractivity (Wildman–Crippen MR) is 146 cm³/mol. The van der Waals surface area contributed by atoms with Gasteiger partial charge in [-0.2, -0.15) is 13.5 Å². The highest BCUT2D eigenvalue weighted by atomic mass is 35.5. The molecular weight excluding hydrogens is 530 g/mol. The lowest BCUT2D eigenvalue weighted by atomic mass is 10.0. The van der Waals surface area contributed by atoms with Crippen molar-refractivity contribution in [2.75, 3.05) is 11.9 Å². The van der Waals surface area contributed by atoms with Crippen LogP contribution in [0.25, 0.3) is 10.8 Å². The molecule has 0 saturated heterocycles. The van der Waals surface area contributed by atoms with Gasteiger partial charge < -0.3 is 15.2 Å². The maximum Gasteiger partial charge on any atom is 0.296 e. The van der Waals surface area contributed by atoms with E-state index in [-0.39, 0.29) is 44.6 Å². The summed E-state index contributed by atoms with van der Waals surface area (Å²) in [5, 5.41) is 23.2. The molecule has 0 aliphatic carbocycles. The summed E-state index contributed by atoms with van der Waals surface area (Å²) >= 11 is 6.13. The minimum atomic E-state index is -4.54. The van der Waals surface area contributed by atoms with E-state index in [2.05, 4.69) is 15.5 Å². The molecule has 38 heavy (non-hydrogen) atoms. The summed E-state index contributed by atoms with van der Waals surface area (Å²) < 4.78 is 38.5. The molecule has 4 aromatic rings. The van der Waals surface area contributed by atoms with Crippen LogP contribution in [0, 0.1) is 0 Å². The van der Waals surface area contributed by atoms with Crippen LogP contribution in [0.1, 0.15) is 29.8 Å². The average Bonchev–Trinajstić information content (AvgIpc) is 2.87. The number of hydrogen-bond acceptors (Lipinski definition) is 7. The number of ether oxygens (including phenoxy) is 1. The van der Waals surface area contributed by atoms with Gasteiger partial charge in [0, 0.05) is 17.1 Å². The minimum absolute atomic E-state index is 0.0199. The standard InChI is InChI=1S/C27H24ClN3O6S/c1-3-16-12-19(15-23(28)26(16)38(34,35)36)30-31-24-21-11-6-5-8-17(21)13-22(25(24)32)27(33)29-18-9-7-10-20(14-18)37-4-2/h5-15,32H,3-4H2,1-2H3,(H,29,33)(H,34,35,36). The molecule has 0 fully saturated rings. The zero-order chi connectivity index (χ0) is 27.4. The van der Waals surface area contributed by atoms with E-state index in [9.17, 15) is 22.9 Å². The van der Waals surface area contributed by atoms with E-state index < -0.39 is 16.0 Å². The fourth-order valence-electron chi connectivity index (χ4n) is 3.97. The van der Waals surface area contributed by atoms with Crippen molar-refractivity contribution in [3.63, 3.8) is 0 Å². The number of halogens is 1. The van der Waals surface area contributed by atoms with Crippen LogP contribution in [0.2, 0.25) is 5.02 Å². The summed E-state index contributed by atoms with van der Waals surface area (Å²) in [4.78, 5) is 12.8. The summed E-state index contributed by atoms with van der Waals surface area (Å²) in [6.45, 7) is 4.03. The van der Waals surface area contributed by atoms with Crippen molar-refractivity contribution < 1.29 is 27.6 Å². The molecule has 0 unspecified atom stereocenters. The number of amides is 1. The van der Waals surface area contributed by atoms with Gasteiger partial charge >= 0.3 is 0 Å². The highest BCUT2D eigenvalue weighted by molar-refractivity contribution is 7.86. The number of phenolic OH excluding ortho intramolecular Hbond substituents is 1. The molecule has 11 heteroatoms. The Morgan fingerprint density at radius 3 is 2.50 bits per heavy atom. The molecule has 0 aliphatic rings. The number of azo groups is 1. The van der Waals surface area contributed by atoms with E-state index in [4.69, 9.17) is 16.3 Å². The zero-order valence-electron chi connectivity index (χ0n) is 20.5. The first kappa shape index (κ1) is 27.1. The molecule has 0 spiro atoms. The Kier molecular flexibility index (Phi) is 7.96. The van der Waals surface area contributed by atoms with E-state index >= 15 is 0 Å². The second-order valence-electron chi connectivity index (χ2n) is 8.20. The van der Waals surface area contributed by atoms with Crippen LogP contribution < -0.4 is 10.1 Å². The number of nitrogens with zero attached hydrogens (tertiary/aromatic N) is 2. The Morgan fingerprint density at radius 1 is 1.03 bits per heavy atom. The highest BCUT2D eigenvalue weighted by Crippen LogP contribution is 2.40. The molecule has 0 radical (unpaired) electrons.